The molecule has 0 aliphatic rings. The smallest absolute Gasteiger partial charge is 0.00664 e. The third-order valence-electron chi connectivity index (χ3n) is 7.07. The van der Waals surface area contributed by atoms with Crippen LogP contribution in [0.1, 0.15) is 157 Å². The SMILES string of the molecule is CCCCCCCCP(CCC)C(CCC)(CCC)C(CCC)CCCCCC. The van der Waals surface area contributed by atoms with Crippen LogP contribution in [0.2, 0.25) is 0 Å². The molecule has 0 aromatic carbocycles. The van der Waals surface area contributed by atoms with Gasteiger partial charge in [-0.3, -0.25) is 0 Å². The first-order valence-corrected chi connectivity index (χ1v) is 15.6. The second-order valence-corrected chi connectivity index (χ2v) is 12.6. The van der Waals surface area contributed by atoms with Gasteiger partial charge in [0.25, 0.3) is 0 Å². The molecule has 176 valence electrons. The predicted molar refractivity (Wildman–Crippen MR) is 140 cm³/mol. The summed E-state index contributed by atoms with van der Waals surface area (Å²) in [6, 6.07) is 0. The molecule has 0 aromatic rings. The molecule has 0 bridgehead atoms. The fourth-order valence-electron chi connectivity index (χ4n) is 5.73. The lowest BCUT2D eigenvalue weighted by Crippen LogP contribution is -2.38. The van der Waals surface area contributed by atoms with Crippen molar-refractivity contribution in [3.8, 4) is 0 Å². The summed E-state index contributed by atoms with van der Waals surface area (Å²) in [6.07, 6.45) is 29.3. The Morgan fingerprint density at radius 3 is 1.55 bits per heavy atom. The second-order valence-electron chi connectivity index (χ2n) is 9.69. The minimum Gasteiger partial charge on any atom is -0.100 e. The van der Waals surface area contributed by atoms with E-state index in [2.05, 4.69) is 41.5 Å². The highest BCUT2D eigenvalue weighted by molar-refractivity contribution is 7.59. The Morgan fingerprint density at radius 1 is 0.483 bits per heavy atom. The Labute approximate surface area is 188 Å². The van der Waals surface area contributed by atoms with Crippen molar-refractivity contribution in [2.45, 2.75) is 162 Å². The van der Waals surface area contributed by atoms with Crippen LogP contribution in [0.15, 0.2) is 0 Å². The maximum Gasteiger partial charge on any atom is -0.00664 e. The van der Waals surface area contributed by atoms with E-state index < -0.39 is 0 Å². The van der Waals surface area contributed by atoms with Gasteiger partial charge in [-0.15, -0.1) is 7.92 Å². The first-order valence-electron chi connectivity index (χ1n) is 13.9. The summed E-state index contributed by atoms with van der Waals surface area (Å²) in [4.78, 5) is 0. The zero-order valence-corrected chi connectivity index (χ0v) is 22.6. The quantitative estimate of drug-likeness (QED) is 0.119. The lowest BCUT2D eigenvalue weighted by molar-refractivity contribution is 0.278. The molecule has 2 atom stereocenters. The molecule has 0 rings (SSSR count). The summed E-state index contributed by atoms with van der Waals surface area (Å²) in [5.41, 5.74) is 0. The van der Waals surface area contributed by atoms with Gasteiger partial charge in [-0.2, -0.15) is 0 Å². The highest BCUT2D eigenvalue weighted by Crippen LogP contribution is 2.61. The summed E-state index contributed by atoms with van der Waals surface area (Å²) in [5.74, 6) is 1.00. The van der Waals surface area contributed by atoms with E-state index in [9.17, 15) is 0 Å². The van der Waals surface area contributed by atoms with Gasteiger partial charge in [0.1, 0.15) is 0 Å². The van der Waals surface area contributed by atoms with Crippen molar-refractivity contribution in [1.82, 2.24) is 0 Å². The molecule has 0 amide bonds. The lowest BCUT2D eigenvalue weighted by Gasteiger charge is -2.48. The fraction of sp³-hybridized carbons (Fsp3) is 1.00. The standard InChI is InChI=1S/C28H59P/c1-7-13-15-17-18-20-26-29(25-12-6)28(23-10-4,24-11-5)27(21-9-3)22-19-16-14-8-2/h27H,7-26H2,1-6H3. The summed E-state index contributed by atoms with van der Waals surface area (Å²) >= 11 is 0. The van der Waals surface area contributed by atoms with Gasteiger partial charge in [-0.05, 0) is 55.5 Å². The minimum atomic E-state index is 0.180. The van der Waals surface area contributed by atoms with Gasteiger partial charge in [0.05, 0.1) is 0 Å². The van der Waals surface area contributed by atoms with Gasteiger partial charge in [0, 0.05) is 0 Å². The Hall–Kier alpha value is 0.430. The van der Waals surface area contributed by atoms with Crippen LogP contribution in [-0.2, 0) is 0 Å². The number of hydrogen-bond acceptors (Lipinski definition) is 0. The van der Waals surface area contributed by atoms with Crippen molar-refractivity contribution < 1.29 is 0 Å². The average molecular weight is 427 g/mol. The summed E-state index contributed by atoms with van der Waals surface area (Å²) in [5, 5.41) is 0.695. The van der Waals surface area contributed by atoms with E-state index in [-0.39, 0.29) is 7.92 Å². The predicted octanol–water partition coefficient (Wildman–Crippen LogP) is 11.0. The van der Waals surface area contributed by atoms with E-state index in [0.29, 0.717) is 5.16 Å². The van der Waals surface area contributed by atoms with E-state index in [1.165, 1.54) is 116 Å². The Balaban J connectivity index is 5.32. The third kappa shape index (κ3) is 12.1. The molecule has 0 N–H and O–H groups in total. The summed E-state index contributed by atoms with van der Waals surface area (Å²) < 4.78 is 0. The maximum absolute atomic E-state index is 2.47. The third-order valence-corrected chi connectivity index (χ3v) is 11.0. The van der Waals surface area contributed by atoms with Crippen LogP contribution in [0, 0.1) is 5.92 Å². The first kappa shape index (κ1) is 29.4. The largest absolute Gasteiger partial charge is 0.100 e. The molecule has 29 heavy (non-hydrogen) atoms. The monoisotopic (exact) mass is 426 g/mol. The molecule has 0 radical (unpaired) electrons. The molecule has 0 saturated carbocycles. The molecule has 0 aliphatic heterocycles. The van der Waals surface area contributed by atoms with Gasteiger partial charge in [0.15, 0.2) is 0 Å². The molecule has 0 heterocycles. The van der Waals surface area contributed by atoms with Crippen LogP contribution < -0.4 is 0 Å². The van der Waals surface area contributed by atoms with Crippen LogP contribution in [-0.4, -0.2) is 17.5 Å². The van der Waals surface area contributed by atoms with E-state index in [0.717, 1.165) is 5.92 Å². The van der Waals surface area contributed by atoms with Gasteiger partial charge in [-0.25, -0.2) is 0 Å². The fourth-order valence-corrected chi connectivity index (χ4v) is 9.84. The molecule has 0 nitrogen and oxygen atoms in total. The van der Waals surface area contributed by atoms with E-state index in [4.69, 9.17) is 0 Å². The second kappa shape index (κ2) is 20.3. The van der Waals surface area contributed by atoms with Crippen molar-refractivity contribution in [2.24, 2.45) is 5.92 Å². The number of unbranched alkanes of at least 4 members (excludes halogenated alkanes) is 8. The van der Waals surface area contributed by atoms with Crippen LogP contribution in [0.5, 0.6) is 0 Å². The van der Waals surface area contributed by atoms with Gasteiger partial charge in [0.2, 0.25) is 0 Å². The van der Waals surface area contributed by atoms with Crippen LogP contribution >= 0.6 is 7.92 Å². The van der Waals surface area contributed by atoms with Crippen molar-refractivity contribution in [1.29, 1.82) is 0 Å². The Bertz CT molecular complexity index is 318. The first-order chi connectivity index (χ1) is 14.2. The van der Waals surface area contributed by atoms with E-state index in [1.54, 1.807) is 12.3 Å². The highest BCUT2D eigenvalue weighted by Gasteiger charge is 2.41. The van der Waals surface area contributed by atoms with Crippen molar-refractivity contribution >= 4 is 7.92 Å². The van der Waals surface area contributed by atoms with Gasteiger partial charge >= 0.3 is 0 Å². The van der Waals surface area contributed by atoms with E-state index in [1.807, 2.05) is 0 Å². The average Bonchev–Trinajstić information content (AvgIpc) is 2.72. The number of rotatable bonds is 22. The Kier molecular flexibility index (Phi) is 20.6. The molecular weight excluding hydrogens is 367 g/mol. The van der Waals surface area contributed by atoms with E-state index >= 15 is 0 Å². The minimum absolute atomic E-state index is 0.180. The van der Waals surface area contributed by atoms with Crippen molar-refractivity contribution in [3.05, 3.63) is 0 Å². The summed E-state index contributed by atoms with van der Waals surface area (Å²) in [7, 11) is 0.180. The van der Waals surface area contributed by atoms with Gasteiger partial charge < -0.3 is 0 Å². The maximum atomic E-state index is 2.47. The number of hydrogen-bond donors (Lipinski definition) is 0. The molecule has 0 fully saturated rings. The van der Waals surface area contributed by atoms with Crippen molar-refractivity contribution in [2.75, 3.05) is 12.3 Å². The Morgan fingerprint density at radius 2 is 1.03 bits per heavy atom. The molecule has 0 spiro atoms. The molecule has 0 saturated heterocycles. The lowest BCUT2D eigenvalue weighted by atomic mass is 9.78. The van der Waals surface area contributed by atoms with Crippen LogP contribution in [0.25, 0.3) is 0 Å². The van der Waals surface area contributed by atoms with Crippen LogP contribution in [0.3, 0.4) is 0 Å². The highest BCUT2D eigenvalue weighted by atomic mass is 31.1. The van der Waals surface area contributed by atoms with Crippen LogP contribution in [0.4, 0.5) is 0 Å². The zero-order valence-electron chi connectivity index (χ0n) is 21.7. The van der Waals surface area contributed by atoms with Crippen molar-refractivity contribution in [3.63, 3.8) is 0 Å². The zero-order chi connectivity index (χ0) is 21.8. The summed E-state index contributed by atoms with van der Waals surface area (Å²) in [6.45, 7) is 14.5. The normalized spacial score (nSPS) is 14.3. The molecule has 0 aliphatic carbocycles. The topological polar surface area (TPSA) is 0 Å². The molecule has 2 unspecified atom stereocenters. The molecule has 0 aromatic heterocycles. The molecular formula is C28H59P. The molecule has 1 heteroatoms. The van der Waals surface area contributed by atoms with Gasteiger partial charge in [-0.1, -0.05) is 125 Å².